The highest BCUT2D eigenvalue weighted by atomic mass is 16.7. The van der Waals surface area contributed by atoms with Crippen LogP contribution in [0.3, 0.4) is 0 Å². The molecular formula is C11H18O9. The summed E-state index contributed by atoms with van der Waals surface area (Å²) in [7, 11) is 0. The van der Waals surface area contributed by atoms with Gasteiger partial charge in [0, 0.05) is 0 Å². The second-order valence-electron chi connectivity index (χ2n) is 4.83. The molecule has 7 atom stereocenters. The summed E-state index contributed by atoms with van der Waals surface area (Å²) in [5.74, 6) is -0.556. The SMILES string of the molecule is O=C1C[C@@H](O)[C@H](CO[C@@H]2O[C@H](CO)[C@@H](O)[C@H](O)[C@H]2O)O1. The van der Waals surface area contributed by atoms with Gasteiger partial charge < -0.3 is 39.7 Å². The molecule has 0 bridgehead atoms. The highest BCUT2D eigenvalue weighted by Gasteiger charge is 2.45. The molecule has 20 heavy (non-hydrogen) atoms. The third-order valence-electron chi connectivity index (χ3n) is 3.36. The van der Waals surface area contributed by atoms with Gasteiger partial charge in [0.1, 0.15) is 30.5 Å². The minimum Gasteiger partial charge on any atom is -0.457 e. The molecule has 0 saturated carbocycles. The van der Waals surface area contributed by atoms with Gasteiger partial charge in [0.2, 0.25) is 0 Å². The molecule has 5 N–H and O–H groups in total. The summed E-state index contributed by atoms with van der Waals surface area (Å²) < 4.78 is 15.0. The first-order chi connectivity index (χ1) is 9.43. The fourth-order valence-electron chi connectivity index (χ4n) is 2.14. The first kappa shape index (κ1) is 15.6. The summed E-state index contributed by atoms with van der Waals surface area (Å²) >= 11 is 0. The van der Waals surface area contributed by atoms with Crippen LogP contribution in [0.4, 0.5) is 0 Å². The first-order valence-electron chi connectivity index (χ1n) is 6.23. The molecule has 9 nitrogen and oxygen atoms in total. The molecule has 0 unspecified atom stereocenters. The molecule has 2 fully saturated rings. The molecule has 2 saturated heterocycles. The third-order valence-corrected chi connectivity index (χ3v) is 3.36. The van der Waals surface area contributed by atoms with Crippen molar-refractivity contribution in [1.82, 2.24) is 0 Å². The molecule has 0 aromatic rings. The van der Waals surface area contributed by atoms with E-state index >= 15 is 0 Å². The number of hydrogen-bond acceptors (Lipinski definition) is 9. The molecule has 0 amide bonds. The van der Waals surface area contributed by atoms with Gasteiger partial charge in [-0.05, 0) is 0 Å². The average Bonchev–Trinajstić information content (AvgIpc) is 2.74. The highest BCUT2D eigenvalue weighted by molar-refractivity contribution is 5.72. The molecule has 0 spiro atoms. The number of rotatable bonds is 4. The van der Waals surface area contributed by atoms with Gasteiger partial charge in [-0.3, -0.25) is 4.79 Å². The lowest BCUT2D eigenvalue weighted by molar-refractivity contribution is -0.305. The second-order valence-corrected chi connectivity index (χ2v) is 4.83. The van der Waals surface area contributed by atoms with Crippen LogP contribution in [-0.2, 0) is 19.0 Å². The number of hydrogen-bond donors (Lipinski definition) is 5. The van der Waals surface area contributed by atoms with E-state index in [4.69, 9.17) is 19.3 Å². The number of cyclic esters (lactones) is 1. The van der Waals surface area contributed by atoms with Crippen LogP contribution in [0.1, 0.15) is 6.42 Å². The fraction of sp³-hybridized carbons (Fsp3) is 0.909. The molecule has 9 heteroatoms. The van der Waals surface area contributed by atoms with Crippen LogP contribution >= 0.6 is 0 Å². The number of carbonyl (C=O) groups excluding carboxylic acids is 1. The van der Waals surface area contributed by atoms with Crippen LogP contribution in [0.15, 0.2) is 0 Å². The van der Waals surface area contributed by atoms with Crippen LogP contribution in [0.2, 0.25) is 0 Å². The Labute approximate surface area is 114 Å². The van der Waals surface area contributed by atoms with Gasteiger partial charge in [0.25, 0.3) is 0 Å². The van der Waals surface area contributed by atoms with Gasteiger partial charge in [-0.25, -0.2) is 0 Å². The largest absolute Gasteiger partial charge is 0.457 e. The Kier molecular flexibility index (Phi) is 4.91. The average molecular weight is 294 g/mol. The van der Waals surface area contributed by atoms with E-state index in [1.54, 1.807) is 0 Å². The summed E-state index contributed by atoms with van der Waals surface area (Å²) in [5, 5.41) is 47.3. The zero-order valence-electron chi connectivity index (χ0n) is 10.5. The van der Waals surface area contributed by atoms with Crippen molar-refractivity contribution in [3.05, 3.63) is 0 Å². The van der Waals surface area contributed by atoms with E-state index in [1.165, 1.54) is 0 Å². The quantitative estimate of drug-likeness (QED) is 0.333. The van der Waals surface area contributed by atoms with Crippen LogP contribution in [0, 0.1) is 0 Å². The van der Waals surface area contributed by atoms with Crippen LogP contribution in [-0.4, -0.2) is 87.6 Å². The zero-order chi connectivity index (χ0) is 14.9. The third kappa shape index (κ3) is 3.09. The van der Waals surface area contributed by atoms with E-state index in [1.807, 2.05) is 0 Å². The number of aliphatic hydroxyl groups is 5. The Bertz CT molecular complexity index is 347. The van der Waals surface area contributed by atoms with Crippen molar-refractivity contribution >= 4 is 5.97 Å². The summed E-state index contributed by atoms with van der Waals surface area (Å²) in [4.78, 5) is 10.9. The van der Waals surface area contributed by atoms with Crippen LogP contribution < -0.4 is 0 Å². The molecule has 0 aromatic heterocycles. The maximum atomic E-state index is 10.9. The van der Waals surface area contributed by atoms with E-state index in [0.29, 0.717) is 0 Å². The lowest BCUT2D eigenvalue weighted by atomic mass is 9.99. The highest BCUT2D eigenvalue weighted by Crippen LogP contribution is 2.23. The molecular weight excluding hydrogens is 276 g/mol. The van der Waals surface area contributed by atoms with E-state index < -0.39 is 55.5 Å². The van der Waals surface area contributed by atoms with Crippen molar-refractivity contribution in [2.75, 3.05) is 13.2 Å². The van der Waals surface area contributed by atoms with Gasteiger partial charge in [0.15, 0.2) is 12.4 Å². The van der Waals surface area contributed by atoms with Gasteiger partial charge >= 0.3 is 5.97 Å². The Morgan fingerprint density at radius 2 is 1.80 bits per heavy atom. The Morgan fingerprint density at radius 1 is 1.10 bits per heavy atom. The normalized spacial score (nSPS) is 45.5. The van der Waals surface area contributed by atoms with E-state index in [2.05, 4.69) is 0 Å². The maximum Gasteiger partial charge on any atom is 0.309 e. The molecule has 2 aliphatic rings. The predicted octanol–water partition coefficient (Wildman–Crippen LogP) is -3.52. The molecule has 2 heterocycles. The summed E-state index contributed by atoms with van der Waals surface area (Å²) in [6.07, 6.45) is -8.94. The number of aliphatic hydroxyl groups excluding tert-OH is 5. The molecule has 0 aliphatic carbocycles. The zero-order valence-corrected chi connectivity index (χ0v) is 10.5. The number of esters is 1. The molecule has 116 valence electrons. The standard InChI is InChI=1S/C11H18O9/c12-2-5-8(15)9(16)10(17)11(20-5)18-3-6-4(13)1-7(14)19-6/h4-6,8-13,15-17H,1-3H2/t4-,5-,6+,8-,9+,10-,11-/m1/s1. The topological polar surface area (TPSA) is 146 Å². The van der Waals surface area contributed by atoms with Crippen molar-refractivity contribution in [2.24, 2.45) is 0 Å². The van der Waals surface area contributed by atoms with Gasteiger partial charge in [-0.15, -0.1) is 0 Å². The molecule has 2 aliphatic heterocycles. The molecule has 0 radical (unpaired) electrons. The van der Waals surface area contributed by atoms with Crippen molar-refractivity contribution in [1.29, 1.82) is 0 Å². The molecule has 0 aromatic carbocycles. The van der Waals surface area contributed by atoms with Crippen LogP contribution in [0.25, 0.3) is 0 Å². The van der Waals surface area contributed by atoms with Crippen molar-refractivity contribution in [2.45, 2.75) is 49.3 Å². The van der Waals surface area contributed by atoms with Gasteiger partial charge in [-0.2, -0.15) is 0 Å². The number of carbonyl (C=O) groups is 1. The van der Waals surface area contributed by atoms with E-state index in [-0.39, 0.29) is 13.0 Å². The van der Waals surface area contributed by atoms with Gasteiger partial charge in [0.05, 0.1) is 19.6 Å². The lowest BCUT2D eigenvalue weighted by Gasteiger charge is -2.39. The first-order valence-corrected chi connectivity index (χ1v) is 6.23. The van der Waals surface area contributed by atoms with Crippen molar-refractivity contribution in [3.63, 3.8) is 0 Å². The smallest absolute Gasteiger partial charge is 0.309 e. The minimum absolute atomic E-state index is 0.136. The monoisotopic (exact) mass is 294 g/mol. The fourth-order valence-corrected chi connectivity index (χ4v) is 2.14. The minimum atomic E-state index is -1.54. The lowest BCUT2D eigenvalue weighted by Crippen LogP contribution is -2.59. The van der Waals surface area contributed by atoms with Crippen molar-refractivity contribution < 1.29 is 44.5 Å². The van der Waals surface area contributed by atoms with Crippen molar-refractivity contribution in [3.8, 4) is 0 Å². The van der Waals surface area contributed by atoms with E-state index in [9.17, 15) is 25.2 Å². The number of ether oxygens (including phenoxy) is 3. The second kappa shape index (κ2) is 6.31. The van der Waals surface area contributed by atoms with E-state index in [0.717, 1.165) is 0 Å². The predicted molar refractivity (Wildman–Crippen MR) is 60.2 cm³/mol. The van der Waals surface area contributed by atoms with Crippen LogP contribution in [0.5, 0.6) is 0 Å². The molecule has 2 rings (SSSR count). The Hall–Kier alpha value is -0.810. The summed E-state index contributed by atoms with van der Waals surface area (Å²) in [5.41, 5.74) is 0. The Balaban J connectivity index is 1.90. The summed E-state index contributed by atoms with van der Waals surface area (Å²) in [6.45, 7) is -0.804. The Morgan fingerprint density at radius 3 is 2.35 bits per heavy atom. The summed E-state index contributed by atoms with van der Waals surface area (Å²) in [6, 6.07) is 0. The van der Waals surface area contributed by atoms with Gasteiger partial charge in [-0.1, -0.05) is 0 Å². The maximum absolute atomic E-state index is 10.9.